The first-order valence-electron chi connectivity index (χ1n) is 6.44. The molecule has 2 N–H and O–H groups in total. The summed E-state index contributed by atoms with van der Waals surface area (Å²) in [6, 6.07) is 16.2. The van der Waals surface area contributed by atoms with E-state index in [-0.39, 0.29) is 0 Å². The van der Waals surface area contributed by atoms with Crippen LogP contribution >= 0.6 is 0 Å². The molecule has 0 aromatic heterocycles. The number of nitrogens with two attached hydrogens (primary N) is 1. The minimum Gasteiger partial charge on any atom is -0.474 e. The van der Waals surface area contributed by atoms with Crippen LogP contribution in [0.1, 0.15) is 18.6 Å². The lowest BCUT2D eigenvalue weighted by atomic mass is 10.1. The van der Waals surface area contributed by atoms with E-state index in [4.69, 9.17) is 15.2 Å². The summed E-state index contributed by atoms with van der Waals surface area (Å²) in [5.74, 6) is 0.164. The Morgan fingerprint density at radius 2 is 1.75 bits per heavy atom. The Labute approximate surface area is 118 Å². The number of rotatable bonds is 5. The molecule has 0 heterocycles. The van der Waals surface area contributed by atoms with E-state index in [0.717, 1.165) is 5.56 Å². The molecule has 2 aromatic carbocycles. The maximum Gasteiger partial charge on any atom is 0.352 e. The van der Waals surface area contributed by atoms with Crippen LogP contribution in [-0.4, -0.2) is 12.6 Å². The second-order valence-corrected chi connectivity index (χ2v) is 4.23. The van der Waals surface area contributed by atoms with Crippen molar-refractivity contribution in [2.24, 2.45) is 0 Å². The van der Waals surface area contributed by atoms with Gasteiger partial charge in [-0.1, -0.05) is 30.3 Å². The number of hydrogen-bond acceptors (Lipinski definition) is 4. The molecule has 1 unspecified atom stereocenters. The molecular weight excluding hydrogens is 254 g/mol. The second kappa shape index (κ2) is 6.61. The molecular formula is C16H17NO3. The zero-order valence-corrected chi connectivity index (χ0v) is 11.3. The van der Waals surface area contributed by atoms with E-state index >= 15 is 0 Å². The molecule has 2 aromatic rings. The molecule has 0 bridgehead atoms. The highest BCUT2D eigenvalue weighted by Crippen LogP contribution is 2.24. The van der Waals surface area contributed by atoms with Crippen LogP contribution in [0.2, 0.25) is 0 Å². The molecule has 0 fully saturated rings. The van der Waals surface area contributed by atoms with E-state index in [1.807, 2.05) is 30.3 Å². The summed E-state index contributed by atoms with van der Waals surface area (Å²) in [7, 11) is 0. The Balaban J connectivity index is 2.23. The van der Waals surface area contributed by atoms with Gasteiger partial charge in [0.2, 0.25) is 6.10 Å². The lowest BCUT2D eigenvalue weighted by Crippen LogP contribution is -2.21. The van der Waals surface area contributed by atoms with Crippen LogP contribution < -0.4 is 10.5 Å². The summed E-state index contributed by atoms with van der Waals surface area (Å²) in [6.07, 6.45) is -0.778. The molecule has 104 valence electrons. The standard InChI is InChI=1S/C16H17NO3/c1-2-19-16(18)15(12-6-4-3-5-7-12)20-14-10-8-13(17)9-11-14/h3-11,15H,2,17H2,1H3. The number of anilines is 1. The third kappa shape index (κ3) is 3.51. The van der Waals surface area contributed by atoms with E-state index < -0.39 is 12.1 Å². The molecule has 2 rings (SSSR count). The number of hydrogen-bond donors (Lipinski definition) is 1. The fourth-order valence-corrected chi connectivity index (χ4v) is 1.78. The van der Waals surface area contributed by atoms with Crippen LogP contribution in [0, 0.1) is 0 Å². The third-order valence-electron chi connectivity index (χ3n) is 2.74. The number of nitrogen functional groups attached to an aromatic ring is 1. The lowest BCUT2D eigenvalue weighted by molar-refractivity contribution is -0.151. The molecule has 4 nitrogen and oxygen atoms in total. The van der Waals surface area contributed by atoms with Crippen molar-refractivity contribution in [2.45, 2.75) is 13.0 Å². The maximum atomic E-state index is 12.0. The molecule has 0 aliphatic rings. The number of benzene rings is 2. The van der Waals surface area contributed by atoms with Crippen molar-refractivity contribution in [3.63, 3.8) is 0 Å². The van der Waals surface area contributed by atoms with Crippen molar-refractivity contribution in [3.05, 3.63) is 60.2 Å². The quantitative estimate of drug-likeness (QED) is 0.671. The Hall–Kier alpha value is -2.49. The third-order valence-corrected chi connectivity index (χ3v) is 2.74. The Morgan fingerprint density at radius 3 is 2.35 bits per heavy atom. The predicted octanol–water partition coefficient (Wildman–Crippen LogP) is 2.95. The van der Waals surface area contributed by atoms with E-state index in [2.05, 4.69) is 0 Å². The molecule has 0 amide bonds. The summed E-state index contributed by atoms with van der Waals surface area (Å²) < 4.78 is 10.8. The van der Waals surface area contributed by atoms with Crippen LogP contribution in [0.4, 0.5) is 5.69 Å². The van der Waals surface area contributed by atoms with Crippen molar-refractivity contribution < 1.29 is 14.3 Å². The SMILES string of the molecule is CCOC(=O)C(Oc1ccc(N)cc1)c1ccccc1. The Morgan fingerprint density at radius 1 is 1.10 bits per heavy atom. The van der Waals surface area contributed by atoms with Crippen LogP contribution in [0.5, 0.6) is 5.75 Å². The van der Waals surface area contributed by atoms with Crippen LogP contribution in [0.3, 0.4) is 0 Å². The fourth-order valence-electron chi connectivity index (χ4n) is 1.78. The predicted molar refractivity (Wildman–Crippen MR) is 77.3 cm³/mol. The molecule has 0 aliphatic heterocycles. The Kier molecular flexibility index (Phi) is 4.60. The summed E-state index contributed by atoms with van der Waals surface area (Å²) in [6.45, 7) is 2.08. The first-order chi connectivity index (χ1) is 9.70. The number of carbonyl (C=O) groups is 1. The van der Waals surface area contributed by atoms with E-state index in [0.29, 0.717) is 18.0 Å². The fraction of sp³-hybridized carbons (Fsp3) is 0.188. The second-order valence-electron chi connectivity index (χ2n) is 4.23. The smallest absolute Gasteiger partial charge is 0.352 e. The van der Waals surface area contributed by atoms with Crippen molar-refractivity contribution in [2.75, 3.05) is 12.3 Å². The van der Waals surface area contributed by atoms with E-state index in [9.17, 15) is 4.79 Å². The van der Waals surface area contributed by atoms with Crippen molar-refractivity contribution in [3.8, 4) is 5.75 Å². The molecule has 4 heteroatoms. The zero-order chi connectivity index (χ0) is 14.4. The summed E-state index contributed by atoms with van der Waals surface area (Å²) in [5.41, 5.74) is 7.02. The molecule has 0 radical (unpaired) electrons. The lowest BCUT2D eigenvalue weighted by Gasteiger charge is -2.18. The highest BCUT2D eigenvalue weighted by Gasteiger charge is 2.23. The van der Waals surface area contributed by atoms with Gasteiger partial charge in [0.1, 0.15) is 5.75 Å². The number of carbonyl (C=O) groups excluding carboxylic acids is 1. The van der Waals surface area contributed by atoms with Gasteiger partial charge < -0.3 is 15.2 Å². The van der Waals surface area contributed by atoms with Crippen molar-refractivity contribution in [1.82, 2.24) is 0 Å². The highest BCUT2D eigenvalue weighted by molar-refractivity contribution is 5.77. The average molecular weight is 271 g/mol. The number of esters is 1. The van der Waals surface area contributed by atoms with Gasteiger partial charge in [-0.25, -0.2) is 4.79 Å². The minimum absolute atomic E-state index is 0.313. The van der Waals surface area contributed by atoms with Crippen LogP contribution in [0.25, 0.3) is 0 Å². The maximum absolute atomic E-state index is 12.0. The van der Waals surface area contributed by atoms with Gasteiger partial charge in [0.15, 0.2) is 0 Å². The first-order valence-corrected chi connectivity index (χ1v) is 6.44. The normalized spacial score (nSPS) is 11.7. The van der Waals surface area contributed by atoms with Crippen LogP contribution in [-0.2, 0) is 9.53 Å². The Bertz CT molecular complexity index is 552. The minimum atomic E-state index is -0.778. The van der Waals surface area contributed by atoms with Gasteiger partial charge in [-0.15, -0.1) is 0 Å². The molecule has 0 saturated carbocycles. The summed E-state index contributed by atoms with van der Waals surface area (Å²) in [4.78, 5) is 12.0. The van der Waals surface area contributed by atoms with Gasteiger partial charge in [0.05, 0.1) is 6.61 Å². The summed E-state index contributed by atoms with van der Waals surface area (Å²) in [5, 5.41) is 0. The van der Waals surface area contributed by atoms with Gasteiger partial charge in [0.25, 0.3) is 0 Å². The molecule has 20 heavy (non-hydrogen) atoms. The molecule has 0 aliphatic carbocycles. The van der Waals surface area contributed by atoms with Gasteiger partial charge in [-0.3, -0.25) is 0 Å². The first kappa shape index (κ1) is 13.9. The molecule has 0 saturated heterocycles. The van der Waals surface area contributed by atoms with Gasteiger partial charge >= 0.3 is 5.97 Å². The van der Waals surface area contributed by atoms with Gasteiger partial charge in [-0.2, -0.15) is 0 Å². The monoisotopic (exact) mass is 271 g/mol. The number of ether oxygens (including phenoxy) is 2. The van der Waals surface area contributed by atoms with Gasteiger partial charge in [0, 0.05) is 11.3 Å². The van der Waals surface area contributed by atoms with Crippen molar-refractivity contribution >= 4 is 11.7 Å². The zero-order valence-electron chi connectivity index (χ0n) is 11.3. The van der Waals surface area contributed by atoms with E-state index in [1.165, 1.54) is 0 Å². The summed E-state index contributed by atoms with van der Waals surface area (Å²) >= 11 is 0. The molecule has 0 spiro atoms. The van der Waals surface area contributed by atoms with Crippen molar-refractivity contribution in [1.29, 1.82) is 0 Å². The van der Waals surface area contributed by atoms with Crippen LogP contribution in [0.15, 0.2) is 54.6 Å². The largest absolute Gasteiger partial charge is 0.474 e. The van der Waals surface area contributed by atoms with E-state index in [1.54, 1.807) is 31.2 Å². The topological polar surface area (TPSA) is 61.5 Å². The highest BCUT2D eigenvalue weighted by atomic mass is 16.6. The average Bonchev–Trinajstić information content (AvgIpc) is 2.48. The molecule has 1 atom stereocenters. The van der Waals surface area contributed by atoms with Gasteiger partial charge in [-0.05, 0) is 31.2 Å².